The second kappa shape index (κ2) is 4.47. The largest absolute Gasteiger partial charge is 0.383 e. The number of para-hydroxylation sites is 1. The van der Waals surface area contributed by atoms with Gasteiger partial charge in [-0.05, 0) is 25.0 Å². The third kappa shape index (κ3) is 1.85. The highest BCUT2D eigenvalue weighted by molar-refractivity contribution is 5.87. The first-order valence-corrected chi connectivity index (χ1v) is 5.78. The number of hydrogen-bond donors (Lipinski definition) is 1. The van der Waals surface area contributed by atoms with Crippen LogP contribution in [0.2, 0.25) is 0 Å². The van der Waals surface area contributed by atoms with Gasteiger partial charge in [0.25, 0.3) is 0 Å². The van der Waals surface area contributed by atoms with Crippen molar-refractivity contribution in [1.82, 2.24) is 9.97 Å². The number of hydrogen-bond acceptors (Lipinski definition) is 3. The van der Waals surface area contributed by atoms with E-state index in [2.05, 4.69) is 23.8 Å². The molecule has 3 nitrogen and oxygen atoms in total. The van der Waals surface area contributed by atoms with E-state index in [1.54, 1.807) is 0 Å². The van der Waals surface area contributed by atoms with Gasteiger partial charge in [0.1, 0.15) is 11.6 Å². The Kier molecular flexibility index (Phi) is 3.04. The molecule has 0 unspecified atom stereocenters. The van der Waals surface area contributed by atoms with Crippen molar-refractivity contribution in [3.63, 3.8) is 0 Å². The van der Waals surface area contributed by atoms with Crippen LogP contribution in [0.3, 0.4) is 0 Å². The summed E-state index contributed by atoms with van der Waals surface area (Å²) in [6.07, 6.45) is 2.10. The molecule has 1 aromatic carbocycles. The highest BCUT2D eigenvalue weighted by Gasteiger charge is 2.12. The predicted octanol–water partition coefficient (Wildman–Crippen LogP) is 3.12. The van der Waals surface area contributed by atoms with E-state index >= 15 is 0 Å². The van der Waals surface area contributed by atoms with Crippen LogP contribution < -0.4 is 5.73 Å². The lowest BCUT2D eigenvalue weighted by molar-refractivity contribution is 0.606. The molecule has 16 heavy (non-hydrogen) atoms. The first-order valence-electron chi connectivity index (χ1n) is 5.78. The normalized spacial score (nSPS) is 11.2. The van der Waals surface area contributed by atoms with E-state index in [0.717, 1.165) is 29.6 Å². The van der Waals surface area contributed by atoms with Crippen LogP contribution in [0, 0.1) is 0 Å². The fourth-order valence-electron chi connectivity index (χ4n) is 1.96. The number of rotatable bonds is 3. The number of benzene rings is 1. The van der Waals surface area contributed by atoms with Gasteiger partial charge in [-0.2, -0.15) is 0 Å². The van der Waals surface area contributed by atoms with Gasteiger partial charge in [0, 0.05) is 11.3 Å². The Morgan fingerprint density at radius 1 is 1.12 bits per heavy atom. The first-order chi connectivity index (χ1) is 7.76. The van der Waals surface area contributed by atoms with Crippen molar-refractivity contribution in [2.24, 2.45) is 0 Å². The predicted molar refractivity (Wildman–Crippen MR) is 67.3 cm³/mol. The Hall–Kier alpha value is -1.64. The topological polar surface area (TPSA) is 51.8 Å². The van der Waals surface area contributed by atoms with Crippen molar-refractivity contribution in [2.45, 2.75) is 32.6 Å². The van der Waals surface area contributed by atoms with Crippen LogP contribution in [-0.4, -0.2) is 9.97 Å². The van der Waals surface area contributed by atoms with E-state index < -0.39 is 0 Å². The Labute approximate surface area is 95.7 Å². The Balaban J connectivity index is 2.57. The number of nitrogens with two attached hydrogens (primary N) is 1. The fraction of sp³-hybridized carbons (Fsp3) is 0.385. The van der Waals surface area contributed by atoms with Gasteiger partial charge in [-0.3, -0.25) is 0 Å². The lowest BCUT2D eigenvalue weighted by Gasteiger charge is -2.12. The molecule has 0 aliphatic carbocycles. The van der Waals surface area contributed by atoms with Crippen molar-refractivity contribution in [3.8, 4) is 0 Å². The molecule has 2 aromatic rings. The summed E-state index contributed by atoms with van der Waals surface area (Å²) in [5.74, 6) is 1.88. The summed E-state index contributed by atoms with van der Waals surface area (Å²) in [5.41, 5.74) is 6.89. The minimum atomic E-state index is 0.409. The van der Waals surface area contributed by atoms with Crippen molar-refractivity contribution >= 4 is 16.7 Å². The van der Waals surface area contributed by atoms with Crippen LogP contribution in [0.4, 0.5) is 5.82 Å². The number of fused-ring (bicyclic) bond motifs is 1. The Morgan fingerprint density at radius 2 is 1.81 bits per heavy atom. The SMILES string of the molecule is CCC(CC)c1nc(N)c2ccccc2n1. The molecule has 0 saturated carbocycles. The number of nitrogen functional groups attached to an aromatic ring is 1. The number of aromatic nitrogens is 2. The van der Waals surface area contributed by atoms with E-state index in [9.17, 15) is 0 Å². The van der Waals surface area contributed by atoms with Crippen LogP contribution in [0.25, 0.3) is 10.9 Å². The maximum atomic E-state index is 5.95. The molecule has 2 N–H and O–H groups in total. The van der Waals surface area contributed by atoms with Crippen LogP contribution in [0.5, 0.6) is 0 Å². The molecule has 3 heteroatoms. The zero-order valence-electron chi connectivity index (χ0n) is 9.77. The molecular formula is C13H17N3. The fourth-order valence-corrected chi connectivity index (χ4v) is 1.96. The van der Waals surface area contributed by atoms with Crippen molar-refractivity contribution in [1.29, 1.82) is 0 Å². The van der Waals surface area contributed by atoms with Crippen LogP contribution in [0.15, 0.2) is 24.3 Å². The quantitative estimate of drug-likeness (QED) is 0.855. The highest BCUT2D eigenvalue weighted by Crippen LogP contribution is 2.24. The summed E-state index contributed by atoms with van der Waals surface area (Å²) >= 11 is 0. The van der Waals surface area contributed by atoms with Crippen molar-refractivity contribution < 1.29 is 0 Å². The van der Waals surface area contributed by atoms with E-state index in [-0.39, 0.29) is 0 Å². The Bertz CT molecular complexity index is 490. The molecule has 0 amide bonds. The zero-order chi connectivity index (χ0) is 11.5. The minimum Gasteiger partial charge on any atom is -0.383 e. The molecule has 1 heterocycles. The molecule has 0 fully saturated rings. The summed E-state index contributed by atoms with van der Waals surface area (Å²) in [7, 11) is 0. The lowest BCUT2D eigenvalue weighted by Crippen LogP contribution is -2.05. The monoisotopic (exact) mass is 215 g/mol. The molecule has 0 aliphatic rings. The average molecular weight is 215 g/mol. The summed E-state index contributed by atoms with van der Waals surface area (Å²) in [6, 6.07) is 7.88. The van der Waals surface area contributed by atoms with Gasteiger partial charge in [0.2, 0.25) is 0 Å². The zero-order valence-corrected chi connectivity index (χ0v) is 9.77. The minimum absolute atomic E-state index is 0.409. The van der Waals surface area contributed by atoms with Crippen LogP contribution in [-0.2, 0) is 0 Å². The lowest BCUT2D eigenvalue weighted by atomic mass is 10.0. The maximum Gasteiger partial charge on any atom is 0.135 e. The van der Waals surface area contributed by atoms with Gasteiger partial charge < -0.3 is 5.73 Å². The van der Waals surface area contributed by atoms with Gasteiger partial charge in [-0.25, -0.2) is 9.97 Å². The van der Waals surface area contributed by atoms with E-state index in [1.807, 2.05) is 24.3 Å². The average Bonchev–Trinajstić information content (AvgIpc) is 2.31. The first kappa shape index (κ1) is 10.9. The molecule has 2 rings (SSSR count). The molecule has 0 bridgehead atoms. The van der Waals surface area contributed by atoms with E-state index in [1.165, 1.54) is 0 Å². The van der Waals surface area contributed by atoms with Gasteiger partial charge in [0.15, 0.2) is 0 Å². The van der Waals surface area contributed by atoms with E-state index in [4.69, 9.17) is 5.73 Å². The smallest absolute Gasteiger partial charge is 0.135 e. The summed E-state index contributed by atoms with van der Waals surface area (Å²) in [5, 5.41) is 0.942. The molecule has 0 spiro atoms. The Morgan fingerprint density at radius 3 is 2.50 bits per heavy atom. The molecule has 0 saturated heterocycles. The standard InChI is InChI=1S/C13H17N3/c1-3-9(4-2)13-15-11-8-6-5-7-10(11)12(14)16-13/h5-9H,3-4H2,1-2H3,(H2,14,15,16). The third-order valence-corrected chi connectivity index (χ3v) is 3.00. The van der Waals surface area contributed by atoms with Crippen molar-refractivity contribution in [3.05, 3.63) is 30.1 Å². The molecule has 0 aliphatic heterocycles. The van der Waals surface area contributed by atoms with Crippen LogP contribution >= 0.6 is 0 Å². The number of anilines is 1. The van der Waals surface area contributed by atoms with Gasteiger partial charge in [0.05, 0.1) is 5.52 Å². The summed E-state index contributed by atoms with van der Waals surface area (Å²) in [6.45, 7) is 4.31. The van der Waals surface area contributed by atoms with Crippen LogP contribution in [0.1, 0.15) is 38.4 Å². The summed E-state index contributed by atoms with van der Waals surface area (Å²) in [4.78, 5) is 9.00. The van der Waals surface area contributed by atoms with Gasteiger partial charge in [-0.1, -0.05) is 26.0 Å². The molecule has 0 atom stereocenters. The van der Waals surface area contributed by atoms with Crippen molar-refractivity contribution in [2.75, 3.05) is 5.73 Å². The van der Waals surface area contributed by atoms with Gasteiger partial charge >= 0.3 is 0 Å². The second-order valence-electron chi connectivity index (χ2n) is 4.00. The maximum absolute atomic E-state index is 5.95. The molecular weight excluding hydrogens is 198 g/mol. The van der Waals surface area contributed by atoms with Gasteiger partial charge in [-0.15, -0.1) is 0 Å². The second-order valence-corrected chi connectivity index (χ2v) is 4.00. The molecule has 84 valence electrons. The third-order valence-electron chi connectivity index (χ3n) is 3.00. The molecule has 0 radical (unpaired) electrons. The highest BCUT2D eigenvalue weighted by atomic mass is 15.0. The molecule has 1 aromatic heterocycles. The summed E-state index contributed by atoms with van der Waals surface area (Å²) < 4.78 is 0. The van der Waals surface area contributed by atoms with E-state index in [0.29, 0.717) is 11.7 Å². The number of nitrogens with zero attached hydrogens (tertiary/aromatic N) is 2.